The number of thiophene rings is 1. The fourth-order valence-corrected chi connectivity index (χ4v) is 11.6. The summed E-state index contributed by atoms with van der Waals surface area (Å²) in [5.74, 6) is 1.56. The molecule has 0 atom stereocenters. The molecular formula is C56H33N7S. The van der Waals surface area contributed by atoms with E-state index in [1.54, 1.807) is 0 Å². The second kappa shape index (κ2) is 12.6. The molecule has 0 aliphatic carbocycles. The molecule has 6 heterocycles. The fraction of sp³-hybridized carbons (Fsp3) is 0. The molecule has 64 heavy (non-hydrogen) atoms. The molecule has 0 radical (unpaired) electrons. The average molecular weight is 836 g/mol. The monoisotopic (exact) mass is 835 g/mol. The Kier molecular flexibility index (Phi) is 6.71. The summed E-state index contributed by atoms with van der Waals surface area (Å²) < 4.78 is 14.2. The highest BCUT2D eigenvalue weighted by Gasteiger charge is 2.22. The van der Waals surface area contributed by atoms with Crippen LogP contribution in [0.5, 0.6) is 0 Å². The second-order valence-electron chi connectivity index (χ2n) is 16.7. The van der Waals surface area contributed by atoms with Crippen molar-refractivity contribution in [3.05, 3.63) is 200 Å². The summed E-state index contributed by atoms with van der Waals surface area (Å²) in [6, 6.07) is 72.4. The van der Waals surface area contributed by atoms with Gasteiger partial charge in [-0.25, -0.2) is 14.5 Å². The number of hydrogen-bond donors (Lipinski definition) is 0. The van der Waals surface area contributed by atoms with E-state index in [4.69, 9.17) is 9.97 Å². The SMILES string of the molecule is c1ccc2c(c1)nc1n(-c3ccc4sc5ccc(-n6c7ccccc7c7ccccc76)cc5c4c3)c3nc4ccccc4n3c3cc(-n4c5ccccc5c5ccccc54)ccc3n21. The van der Waals surface area contributed by atoms with Gasteiger partial charge in [0, 0.05) is 53.1 Å². The maximum atomic E-state index is 5.50. The topological polar surface area (TPSA) is 49.4 Å². The predicted molar refractivity (Wildman–Crippen MR) is 266 cm³/mol. The lowest BCUT2D eigenvalue weighted by Gasteiger charge is -2.10. The van der Waals surface area contributed by atoms with E-state index >= 15 is 0 Å². The molecule has 0 amide bonds. The van der Waals surface area contributed by atoms with Crippen LogP contribution >= 0.6 is 11.3 Å². The number of benzene rings is 9. The minimum absolute atomic E-state index is 0.778. The highest BCUT2D eigenvalue weighted by atomic mass is 32.1. The largest absolute Gasteiger partial charge is 0.309 e. The van der Waals surface area contributed by atoms with Gasteiger partial charge < -0.3 is 9.13 Å². The third-order valence-corrected chi connectivity index (χ3v) is 14.4. The molecule has 0 bridgehead atoms. The van der Waals surface area contributed by atoms with Crippen LogP contribution in [0.25, 0.3) is 126 Å². The van der Waals surface area contributed by atoms with Crippen molar-refractivity contribution >= 4 is 120 Å². The van der Waals surface area contributed by atoms with E-state index in [2.05, 4.69) is 223 Å². The molecule has 9 aromatic carbocycles. The van der Waals surface area contributed by atoms with E-state index in [9.17, 15) is 0 Å². The van der Waals surface area contributed by atoms with Gasteiger partial charge in [-0.2, -0.15) is 0 Å². The minimum Gasteiger partial charge on any atom is -0.309 e. The van der Waals surface area contributed by atoms with Gasteiger partial charge in [-0.3, -0.25) is 8.80 Å². The van der Waals surface area contributed by atoms with Crippen LogP contribution in [0.3, 0.4) is 0 Å². The summed E-state index contributed by atoms with van der Waals surface area (Å²) >= 11 is 1.83. The van der Waals surface area contributed by atoms with Crippen LogP contribution < -0.4 is 0 Å². The summed E-state index contributed by atoms with van der Waals surface area (Å²) in [4.78, 5) is 11.0. The third kappa shape index (κ3) is 4.53. The fourth-order valence-electron chi connectivity index (χ4n) is 10.6. The zero-order chi connectivity index (χ0) is 41.6. The van der Waals surface area contributed by atoms with Crippen LogP contribution in [0.1, 0.15) is 0 Å². The molecule has 0 aliphatic rings. The highest BCUT2D eigenvalue weighted by molar-refractivity contribution is 7.25. The van der Waals surface area contributed by atoms with Crippen molar-refractivity contribution < 1.29 is 0 Å². The molecule has 0 unspecified atom stereocenters. The number of fused-ring (bicyclic) bond motifs is 18. The third-order valence-electron chi connectivity index (χ3n) is 13.3. The van der Waals surface area contributed by atoms with Gasteiger partial charge in [-0.05, 0) is 103 Å². The Bertz CT molecular complexity index is 4410. The van der Waals surface area contributed by atoms with Crippen molar-refractivity contribution in [3.8, 4) is 17.1 Å². The lowest BCUT2D eigenvalue weighted by molar-refractivity contribution is 1.03. The van der Waals surface area contributed by atoms with Crippen LogP contribution in [0.2, 0.25) is 0 Å². The minimum atomic E-state index is 0.778. The van der Waals surface area contributed by atoms with Crippen LogP contribution in [0.15, 0.2) is 200 Å². The number of aromatic nitrogens is 7. The standard InChI is InChI=1S/C56H33N7S/c1-7-19-45-37(13-1)38-14-2-8-20-46(38)59(45)34-26-29-53-41(31-34)42-32-35(27-30-54(42)64-53)61-55-57-43-17-5-11-23-49(43)62(55)51-28-25-36(33-52(51)63-50-24-12-6-18-44(50)58-56(61)63)60-47-21-9-3-15-39(47)40-16-4-10-22-48(40)60/h1-33H. The maximum Gasteiger partial charge on any atom is 0.223 e. The smallest absolute Gasteiger partial charge is 0.223 e. The van der Waals surface area contributed by atoms with Crippen molar-refractivity contribution in [2.45, 2.75) is 0 Å². The Balaban J connectivity index is 1.06. The zero-order valence-corrected chi connectivity index (χ0v) is 34.9. The van der Waals surface area contributed by atoms with Gasteiger partial charge in [0.1, 0.15) is 0 Å². The molecule has 0 saturated heterocycles. The molecule has 15 rings (SSSR count). The second-order valence-corrected chi connectivity index (χ2v) is 17.8. The lowest BCUT2D eigenvalue weighted by atomic mass is 10.1. The Labute approximate surface area is 367 Å². The number of hydrogen-bond acceptors (Lipinski definition) is 3. The van der Waals surface area contributed by atoms with Crippen LogP contribution in [-0.2, 0) is 0 Å². The first-order valence-electron chi connectivity index (χ1n) is 21.6. The molecule has 6 aromatic heterocycles. The van der Waals surface area contributed by atoms with Gasteiger partial charge in [0.15, 0.2) is 0 Å². The first kappa shape index (κ1) is 34.2. The van der Waals surface area contributed by atoms with Crippen LogP contribution in [0.4, 0.5) is 0 Å². The molecular weight excluding hydrogens is 803 g/mol. The van der Waals surface area contributed by atoms with Crippen LogP contribution in [0, 0.1) is 0 Å². The van der Waals surface area contributed by atoms with E-state index < -0.39 is 0 Å². The van der Waals surface area contributed by atoms with Gasteiger partial charge in [0.05, 0.1) is 60.9 Å². The zero-order valence-electron chi connectivity index (χ0n) is 34.1. The molecule has 0 spiro atoms. The normalized spacial score (nSPS) is 12.4. The first-order valence-corrected chi connectivity index (χ1v) is 22.4. The number of imidazole rings is 2. The summed E-state index contributed by atoms with van der Waals surface area (Å²) in [5, 5.41) is 7.39. The molecule has 0 N–H and O–H groups in total. The number of para-hydroxylation sites is 8. The number of rotatable bonds is 3. The van der Waals surface area contributed by atoms with E-state index in [-0.39, 0.29) is 0 Å². The van der Waals surface area contributed by atoms with Crippen LogP contribution in [-0.4, -0.2) is 32.5 Å². The van der Waals surface area contributed by atoms with Crippen molar-refractivity contribution in [2.75, 3.05) is 0 Å². The van der Waals surface area contributed by atoms with E-state index in [0.29, 0.717) is 0 Å². The average Bonchev–Trinajstić information content (AvgIpc) is 4.15. The van der Waals surface area contributed by atoms with Crippen molar-refractivity contribution in [2.24, 2.45) is 0 Å². The molecule has 8 heteroatoms. The van der Waals surface area contributed by atoms with E-state index in [0.717, 1.165) is 61.7 Å². The highest BCUT2D eigenvalue weighted by Crippen LogP contribution is 2.40. The summed E-state index contributed by atoms with van der Waals surface area (Å²) in [5.41, 5.74) is 13.9. The molecule has 298 valence electrons. The summed E-state index contributed by atoms with van der Waals surface area (Å²) in [6.45, 7) is 0. The first-order chi connectivity index (χ1) is 31.7. The Morgan fingerprint density at radius 2 is 0.656 bits per heavy atom. The molecule has 0 aliphatic heterocycles. The quantitative estimate of drug-likeness (QED) is 0.178. The Morgan fingerprint density at radius 3 is 1.14 bits per heavy atom. The molecule has 0 fully saturated rings. The molecule has 0 saturated carbocycles. The van der Waals surface area contributed by atoms with E-state index in [1.807, 2.05) is 11.3 Å². The van der Waals surface area contributed by atoms with Gasteiger partial charge in [-0.1, -0.05) is 97.1 Å². The van der Waals surface area contributed by atoms with Gasteiger partial charge in [0.25, 0.3) is 0 Å². The molecule has 7 nitrogen and oxygen atoms in total. The summed E-state index contributed by atoms with van der Waals surface area (Å²) in [6.07, 6.45) is 0. The number of nitrogens with zero attached hydrogens (tertiary/aromatic N) is 7. The van der Waals surface area contributed by atoms with Crippen molar-refractivity contribution in [3.63, 3.8) is 0 Å². The molecule has 15 aromatic rings. The van der Waals surface area contributed by atoms with Crippen molar-refractivity contribution in [1.82, 2.24) is 32.5 Å². The Morgan fingerprint density at radius 1 is 0.281 bits per heavy atom. The van der Waals surface area contributed by atoms with Gasteiger partial charge in [-0.15, -0.1) is 11.3 Å². The van der Waals surface area contributed by atoms with Gasteiger partial charge >= 0.3 is 0 Å². The summed E-state index contributed by atoms with van der Waals surface area (Å²) in [7, 11) is 0. The Hall–Kier alpha value is -8.46. The van der Waals surface area contributed by atoms with Crippen molar-refractivity contribution in [1.29, 1.82) is 0 Å². The van der Waals surface area contributed by atoms with Gasteiger partial charge in [0.2, 0.25) is 11.6 Å². The lowest BCUT2D eigenvalue weighted by Crippen LogP contribution is -2.01. The predicted octanol–water partition coefficient (Wildman–Crippen LogP) is 14.4. The van der Waals surface area contributed by atoms with E-state index in [1.165, 1.54) is 63.8 Å². The maximum absolute atomic E-state index is 5.50.